The SMILES string of the molecule is CC(C)C1CCCN(C(CN)C(=O)O)CC1. The first kappa shape index (κ1) is 13.5. The van der Waals surface area contributed by atoms with Crippen molar-refractivity contribution in [1.29, 1.82) is 0 Å². The van der Waals surface area contributed by atoms with E-state index in [4.69, 9.17) is 10.8 Å². The molecule has 4 nitrogen and oxygen atoms in total. The summed E-state index contributed by atoms with van der Waals surface area (Å²) < 4.78 is 0. The summed E-state index contributed by atoms with van der Waals surface area (Å²) in [7, 11) is 0. The van der Waals surface area contributed by atoms with E-state index in [0.717, 1.165) is 31.8 Å². The maximum atomic E-state index is 11.0. The fourth-order valence-corrected chi connectivity index (χ4v) is 2.53. The van der Waals surface area contributed by atoms with Gasteiger partial charge in [-0.1, -0.05) is 13.8 Å². The van der Waals surface area contributed by atoms with Crippen molar-refractivity contribution >= 4 is 5.97 Å². The van der Waals surface area contributed by atoms with Crippen LogP contribution in [0.4, 0.5) is 0 Å². The van der Waals surface area contributed by atoms with Crippen molar-refractivity contribution in [2.45, 2.75) is 39.2 Å². The van der Waals surface area contributed by atoms with Gasteiger partial charge in [-0.2, -0.15) is 0 Å². The van der Waals surface area contributed by atoms with Crippen molar-refractivity contribution in [3.8, 4) is 0 Å². The topological polar surface area (TPSA) is 66.6 Å². The van der Waals surface area contributed by atoms with Gasteiger partial charge >= 0.3 is 5.97 Å². The molecule has 4 heteroatoms. The number of carbonyl (C=O) groups is 1. The Morgan fingerprint density at radius 3 is 2.62 bits per heavy atom. The first-order valence-corrected chi connectivity index (χ1v) is 6.23. The molecule has 2 unspecified atom stereocenters. The van der Waals surface area contributed by atoms with E-state index >= 15 is 0 Å². The number of rotatable bonds is 4. The molecular weight excluding hydrogens is 204 g/mol. The second-order valence-corrected chi connectivity index (χ2v) is 5.06. The zero-order valence-corrected chi connectivity index (χ0v) is 10.4. The summed E-state index contributed by atoms with van der Waals surface area (Å²) >= 11 is 0. The maximum Gasteiger partial charge on any atom is 0.322 e. The van der Waals surface area contributed by atoms with Crippen LogP contribution in [0.5, 0.6) is 0 Å². The van der Waals surface area contributed by atoms with E-state index < -0.39 is 12.0 Å². The predicted molar refractivity (Wildman–Crippen MR) is 64.2 cm³/mol. The third-order valence-corrected chi connectivity index (χ3v) is 3.70. The van der Waals surface area contributed by atoms with Crippen molar-refractivity contribution in [1.82, 2.24) is 4.90 Å². The number of nitrogens with two attached hydrogens (primary N) is 1. The van der Waals surface area contributed by atoms with E-state index in [1.165, 1.54) is 6.42 Å². The fourth-order valence-electron chi connectivity index (χ4n) is 2.53. The fraction of sp³-hybridized carbons (Fsp3) is 0.917. The van der Waals surface area contributed by atoms with Crippen molar-refractivity contribution in [3.63, 3.8) is 0 Å². The van der Waals surface area contributed by atoms with E-state index in [-0.39, 0.29) is 6.54 Å². The highest BCUT2D eigenvalue weighted by Gasteiger charge is 2.27. The van der Waals surface area contributed by atoms with Gasteiger partial charge in [0, 0.05) is 6.54 Å². The zero-order chi connectivity index (χ0) is 12.1. The lowest BCUT2D eigenvalue weighted by Gasteiger charge is -2.26. The van der Waals surface area contributed by atoms with Crippen molar-refractivity contribution in [3.05, 3.63) is 0 Å². The Balaban J connectivity index is 2.55. The van der Waals surface area contributed by atoms with Gasteiger partial charge in [0.05, 0.1) is 0 Å². The van der Waals surface area contributed by atoms with Crippen LogP contribution >= 0.6 is 0 Å². The average Bonchev–Trinajstić information content (AvgIpc) is 2.44. The van der Waals surface area contributed by atoms with Crippen LogP contribution in [-0.2, 0) is 4.79 Å². The van der Waals surface area contributed by atoms with Gasteiger partial charge in [-0.15, -0.1) is 0 Å². The normalized spacial score (nSPS) is 25.4. The maximum absolute atomic E-state index is 11.0. The Labute approximate surface area is 97.8 Å². The van der Waals surface area contributed by atoms with Crippen molar-refractivity contribution < 1.29 is 9.90 Å². The first-order valence-electron chi connectivity index (χ1n) is 6.23. The van der Waals surface area contributed by atoms with Crippen LogP contribution in [0.2, 0.25) is 0 Å². The van der Waals surface area contributed by atoms with E-state index in [0.29, 0.717) is 5.92 Å². The van der Waals surface area contributed by atoms with E-state index in [1.54, 1.807) is 0 Å². The number of hydrogen-bond acceptors (Lipinski definition) is 3. The minimum atomic E-state index is -0.787. The molecule has 0 aromatic carbocycles. The van der Waals surface area contributed by atoms with Crippen LogP contribution in [0.15, 0.2) is 0 Å². The predicted octanol–water partition coefficient (Wildman–Crippen LogP) is 1.16. The Hall–Kier alpha value is -0.610. The van der Waals surface area contributed by atoms with E-state index in [1.807, 2.05) is 4.90 Å². The Kier molecular flexibility index (Phi) is 5.22. The van der Waals surface area contributed by atoms with Gasteiger partial charge in [0.25, 0.3) is 0 Å². The van der Waals surface area contributed by atoms with Crippen molar-refractivity contribution in [2.24, 2.45) is 17.6 Å². The molecule has 16 heavy (non-hydrogen) atoms. The van der Waals surface area contributed by atoms with Gasteiger partial charge < -0.3 is 10.8 Å². The van der Waals surface area contributed by atoms with Gasteiger partial charge in [0.2, 0.25) is 0 Å². The summed E-state index contributed by atoms with van der Waals surface area (Å²) in [4.78, 5) is 13.1. The van der Waals surface area contributed by atoms with Gasteiger partial charge in [0.1, 0.15) is 6.04 Å². The molecule has 1 aliphatic heterocycles. The van der Waals surface area contributed by atoms with Gasteiger partial charge in [-0.05, 0) is 44.2 Å². The number of likely N-dealkylation sites (tertiary alicyclic amines) is 1. The minimum Gasteiger partial charge on any atom is -0.480 e. The zero-order valence-electron chi connectivity index (χ0n) is 10.4. The lowest BCUT2D eigenvalue weighted by molar-refractivity contribution is -0.142. The molecule has 0 aliphatic carbocycles. The number of hydrogen-bond donors (Lipinski definition) is 2. The van der Waals surface area contributed by atoms with E-state index in [2.05, 4.69) is 13.8 Å². The molecule has 0 aromatic rings. The molecule has 1 heterocycles. The average molecular weight is 228 g/mol. The molecule has 0 amide bonds. The number of aliphatic carboxylic acids is 1. The molecule has 1 aliphatic rings. The lowest BCUT2D eigenvalue weighted by atomic mass is 9.89. The summed E-state index contributed by atoms with van der Waals surface area (Å²) in [5.74, 6) is 0.642. The first-order chi connectivity index (χ1) is 7.56. The van der Waals surface area contributed by atoms with Gasteiger partial charge in [-0.3, -0.25) is 9.69 Å². The molecule has 0 aromatic heterocycles. The minimum absolute atomic E-state index is 0.210. The molecule has 0 radical (unpaired) electrons. The Morgan fingerprint density at radius 2 is 2.12 bits per heavy atom. The molecule has 1 saturated heterocycles. The highest BCUT2D eigenvalue weighted by molar-refractivity contribution is 5.73. The van der Waals surface area contributed by atoms with Crippen LogP contribution in [0.3, 0.4) is 0 Å². The summed E-state index contributed by atoms with van der Waals surface area (Å²) in [5, 5.41) is 9.07. The van der Waals surface area contributed by atoms with Crippen LogP contribution < -0.4 is 5.73 Å². The summed E-state index contributed by atoms with van der Waals surface area (Å²) in [6.45, 7) is 6.45. The highest BCUT2D eigenvalue weighted by Crippen LogP contribution is 2.25. The monoisotopic (exact) mass is 228 g/mol. The summed E-state index contributed by atoms with van der Waals surface area (Å²) in [5.41, 5.74) is 5.53. The van der Waals surface area contributed by atoms with Crippen LogP contribution in [0.1, 0.15) is 33.1 Å². The van der Waals surface area contributed by atoms with Gasteiger partial charge in [0.15, 0.2) is 0 Å². The molecule has 3 N–H and O–H groups in total. The largest absolute Gasteiger partial charge is 0.480 e. The van der Waals surface area contributed by atoms with Gasteiger partial charge in [-0.25, -0.2) is 0 Å². The van der Waals surface area contributed by atoms with Crippen LogP contribution in [0.25, 0.3) is 0 Å². The molecule has 0 spiro atoms. The highest BCUT2D eigenvalue weighted by atomic mass is 16.4. The molecule has 0 bridgehead atoms. The number of carboxylic acids is 1. The summed E-state index contributed by atoms with van der Waals surface area (Å²) in [6, 6.07) is -0.495. The van der Waals surface area contributed by atoms with Crippen molar-refractivity contribution in [2.75, 3.05) is 19.6 Å². The Bertz CT molecular complexity index is 231. The Morgan fingerprint density at radius 1 is 1.44 bits per heavy atom. The molecule has 94 valence electrons. The van der Waals surface area contributed by atoms with Crippen LogP contribution in [0, 0.1) is 11.8 Å². The number of carboxylic acid groups (broad SMARTS) is 1. The van der Waals surface area contributed by atoms with Crippen LogP contribution in [-0.4, -0.2) is 41.7 Å². The summed E-state index contributed by atoms with van der Waals surface area (Å²) in [6.07, 6.45) is 3.40. The third kappa shape index (κ3) is 3.46. The molecule has 1 fully saturated rings. The smallest absolute Gasteiger partial charge is 0.322 e. The quantitative estimate of drug-likeness (QED) is 0.757. The number of nitrogens with zero attached hydrogens (tertiary/aromatic N) is 1. The second-order valence-electron chi connectivity index (χ2n) is 5.06. The molecular formula is C12H24N2O2. The standard InChI is InChI=1S/C12H24N2O2/c1-9(2)10-4-3-6-14(7-5-10)11(8-13)12(15)16/h9-11H,3-8,13H2,1-2H3,(H,15,16). The molecule has 0 saturated carbocycles. The lowest BCUT2D eigenvalue weighted by Crippen LogP contribution is -2.46. The molecule has 1 rings (SSSR count). The third-order valence-electron chi connectivity index (χ3n) is 3.70. The second kappa shape index (κ2) is 6.21. The van der Waals surface area contributed by atoms with E-state index in [9.17, 15) is 4.79 Å². The molecule has 2 atom stereocenters.